The summed E-state index contributed by atoms with van der Waals surface area (Å²) in [7, 11) is 0. The molecule has 0 atom stereocenters. The number of halogens is 2. The fraction of sp³-hybridized carbons (Fsp3) is 0.750. The highest BCUT2D eigenvalue weighted by atomic mass is 35.5. The number of nitrogens with zero attached hydrogens (tertiary/aromatic N) is 2. The average Bonchev–Trinajstić information content (AvgIpc) is 3.15. The minimum atomic E-state index is 0. The molecule has 3 aliphatic rings. The molecule has 0 aromatic heterocycles. The third-order valence-corrected chi connectivity index (χ3v) is 6.79. The molecule has 1 aromatic rings. The molecule has 0 amide bonds. The van der Waals surface area contributed by atoms with Crippen molar-refractivity contribution in [1.82, 2.24) is 9.80 Å². The van der Waals surface area contributed by atoms with Gasteiger partial charge in [-0.25, -0.2) is 0 Å². The fourth-order valence-electron chi connectivity index (χ4n) is 4.90. The summed E-state index contributed by atoms with van der Waals surface area (Å²) in [4.78, 5) is 5.15. The van der Waals surface area contributed by atoms with E-state index in [0.717, 1.165) is 44.5 Å². The Bertz CT molecular complexity index is 653. The molecule has 2 heterocycles. The number of benzene rings is 1. The lowest BCUT2D eigenvalue weighted by atomic mass is 9.81. The van der Waals surface area contributed by atoms with Gasteiger partial charge in [-0.1, -0.05) is 19.9 Å². The van der Waals surface area contributed by atoms with E-state index in [0.29, 0.717) is 12.0 Å². The van der Waals surface area contributed by atoms with Gasteiger partial charge >= 0.3 is 0 Å². The number of hydrogen-bond donors (Lipinski definition) is 0. The lowest BCUT2D eigenvalue weighted by molar-refractivity contribution is -0.000140. The van der Waals surface area contributed by atoms with Crippen molar-refractivity contribution >= 4 is 24.8 Å². The average molecular weight is 460 g/mol. The molecule has 0 N–H and O–H groups in total. The maximum absolute atomic E-state index is 6.51. The summed E-state index contributed by atoms with van der Waals surface area (Å²) >= 11 is 0. The van der Waals surface area contributed by atoms with Crippen molar-refractivity contribution in [2.24, 2.45) is 5.92 Å². The van der Waals surface area contributed by atoms with Crippen LogP contribution in [0.15, 0.2) is 12.1 Å². The molecule has 0 bridgehead atoms. The van der Waals surface area contributed by atoms with Crippen LogP contribution in [-0.2, 0) is 11.3 Å². The zero-order valence-corrected chi connectivity index (χ0v) is 20.5. The maximum atomic E-state index is 6.51. The van der Waals surface area contributed by atoms with Crippen LogP contribution in [0.1, 0.15) is 62.1 Å². The molecule has 0 unspecified atom stereocenters. The highest BCUT2D eigenvalue weighted by Gasteiger charge is 2.33. The van der Waals surface area contributed by atoms with E-state index < -0.39 is 0 Å². The molecular weight excluding hydrogens is 419 g/mol. The van der Waals surface area contributed by atoms with Crippen LogP contribution in [0.4, 0.5) is 0 Å². The predicted molar refractivity (Wildman–Crippen MR) is 129 cm³/mol. The van der Waals surface area contributed by atoms with E-state index in [4.69, 9.17) is 9.47 Å². The second kappa shape index (κ2) is 11.9. The van der Waals surface area contributed by atoms with E-state index >= 15 is 0 Å². The molecule has 2 aliphatic heterocycles. The molecule has 1 saturated carbocycles. The smallest absolute Gasteiger partial charge is 0.123 e. The summed E-state index contributed by atoms with van der Waals surface area (Å²) in [6.45, 7) is 15.6. The number of rotatable bonds is 7. The molecular formula is C24H40Cl2N2O2. The Morgan fingerprint density at radius 2 is 1.67 bits per heavy atom. The monoisotopic (exact) mass is 458 g/mol. The van der Waals surface area contributed by atoms with E-state index in [2.05, 4.69) is 42.7 Å². The van der Waals surface area contributed by atoms with Gasteiger partial charge in [0.05, 0.1) is 19.3 Å². The molecule has 0 radical (unpaired) electrons. The molecule has 1 aromatic carbocycles. The van der Waals surface area contributed by atoms with Gasteiger partial charge in [0.2, 0.25) is 0 Å². The van der Waals surface area contributed by atoms with Gasteiger partial charge in [-0.15, -0.1) is 24.8 Å². The number of morpholine rings is 1. The van der Waals surface area contributed by atoms with Gasteiger partial charge in [-0.2, -0.15) is 0 Å². The summed E-state index contributed by atoms with van der Waals surface area (Å²) in [6.07, 6.45) is 5.50. The van der Waals surface area contributed by atoms with Gasteiger partial charge in [0.25, 0.3) is 0 Å². The number of ether oxygens (including phenoxy) is 2. The first kappa shape index (κ1) is 25.7. The Morgan fingerprint density at radius 3 is 2.30 bits per heavy atom. The van der Waals surface area contributed by atoms with Crippen molar-refractivity contribution in [2.45, 2.75) is 65.0 Å². The summed E-state index contributed by atoms with van der Waals surface area (Å²) in [6, 6.07) is 4.74. The molecule has 1 aliphatic carbocycles. The maximum Gasteiger partial charge on any atom is 0.123 e. The third kappa shape index (κ3) is 6.49. The lowest BCUT2D eigenvalue weighted by Crippen LogP contribution is -2.45. The Morgan fingerprint density at radius 1 is 1.00 bits per heavy atom. The highest BCUT2D eigenvalue weighted by molar-refractivity contribution is 5.85. The van der Waals surface area contributed by atoms with Crippen molar-refractivity contribution < 1.29 is 9.47 Å². The van der Waals surface area contributed by atoms with Gasteiger partial charge in [0.1, 0.15) is 5.75 Å². The zero-order chi connectivity index (χ0) is 19.5. The van der Waals surface area contributed by atoms with E-state index in [1.165, 1.54) is 62.0 Å². The van der Waals surface area contributed by atoms with Crippen molar-refractivity contribution in [1.29, 1.82) is 0 Å². The van der Waals surface area contributed by atoms with Crippen LogP contribution in [0.25, 0.3) is 0 Å². The molecule has 4 rings (SSSR count). The minimum Gasteiger partial charge on any atom is -0.490 e. The molecule has 172 valence electrons. The second-order valence-corrected chi connectivity index (χ2v) is 9.44. The van der Waals surface area contributed by atoms with Crippen LogP contribution in [0, 0.1) is 12.8 Å². The van der Waals surface area contributed by atoms with Gasteiger partial charge in [0.15, 0.2) is 0 Å². The van der Waals surface area contributed by atoms with Crippen molar-refractivity contribution in [3.8, 4) is 5.75 Å². The largest absolute Gasteiger partial charge is 0.490 e. The Kier molecular flexibility index (Phi) is 10.2. The minimum absolute atomic E-state index is 0. The fourth-order valence-corrected chi connectivity index (χ4v) is 4.90. The van der Waals surface area contributed by atoms with Crippen LogP contribution < -0.4 is 4.74 Å². The van der Waals surface area contributed by atoms with E-state index in [-0.39, 0.29) is 24.8 Å². The first-order valence-electron chi connectivity index (χ1n) is 11.4. The molecule has 4 nitrogen and oxygen atoms in total. The quantitative estimate of drug-likeness (QED) is 0.570. The van der Waals surface area contributed by atoms with Gasteiger partial charge in [0, 0.05) is 26.2 Å². The standard InChI is InChI=1S/C24H38N2O2.2ClH/c1-18(2)23-15-21(17-25-6-4-5-7-25)19(3)12-24(23)28-22-13-20(14-22)16-26-8-10-27-11-9-26;;/h12,15,18,20,22H,4-11,13-14,16-17H2,1-3H3;2*1H/t20-,22-;;. The van der Waals surface area contributed by atoms with Gasteiger partial charge in [-0.05, 0) is 80.3 Å². The normalized spacial score (nSPS) is 24.8. The number of aryl methyl sites for hydroxylation is 1. The van der Waals surface area contributed by atoms with Crippen LogP contribution in [0.2, 0.25) is 0 Å². The molecule has 0 spiro atoms. The van der Waals surface area contributed by atoms with Gasteiger partial charge < -0.3 is 9.47 Å². The predicted octanol–water partition coefficient (Wildman–Crippen LogP) is 5.05. The number of likely N-dealkylation sites (tertiary alicyclic amines) is 1. The van der Waals surface area contributed by atoms with Crippen molar-refractivity contribution in [3.05, 3.63) is 28.8 Å². The van der Waals surface area contributed by atoms with E-state index in [9.17, 15) is 0 Å². The van der Waals surface area contributed by atoms with Gasteiger partial charge in [-0.3, -0.25) is 9.80 Å². The van der Waals surface area contributed by atoms with E-state index in [1.807, 2.05) is 0 Å². The summed E-state index contributed by atoms with van der Waals surface area (Å²) in [5.41, 5.74) is 4.25. The molecule has 2 saturated heterocycles. The molecule has 6 heteroatoms. The summed E-state index contributed by atoms with van der Waals surface area (Å²) < 4.78 is 12.0. The van der Waals surface area contributed by atoms with Crippen molar-refractivity contribution in [3.63, 3.8) is 0 Å². The van der Waals surface area contributed by atoms with Crippen LogP contribution in [0.5, 0.6) is 5.75 Å². The molecule has 3 fully saturated rings. The van der Waals surface area contributed by atoms with Crippen molar-refractivity contribution in [2.75, 3.05) is 45.9 Å². The second-order valence-electron chi connectivity index (χ2n) is 9.44. The van der Waals surface area contributed by atoms with Crippen LogP contribution >= 0.6 is 24.8 Å². The zero-order valence-electron chi connectivity index (χ0n) is 18.9. The third-order valence-electron chi connectivity index (χ3n) is 6.79. The Hall–Kier alpha value is -0.520. The Balaban J connectivity index is 0.00000160. The summed E-state index contributed by atoms with van der Waals surface area (Å²) in [5, 5.41) is 0. The Labute approximate surface area is 195 Å². The van der Waals surface area contributed by atoms with Crippen LogP contribution in [0.3, 0.4) is 0 Å². The SMILES string of the molecule is Cc1cc(O[C@H]2C[C@H](CN3CCOCC3)C2)c(C(C)C)cc1CN1CCCC1.Cl.Cl. The number of hydrogen-bond acceptors (Lipinski definition) is 4. The van der Waals surface area contributed by atoms with Crippen LogP contribution in [-0.4, -0.2) is 61.8 Å². The first-order valence-corrected chi connectivity index (χ1v) is 11.4. The summed E-state index contributed by atoms with van der Waals surface area (Å²) in [5.74, 6) is 2.42. The highest BCUT2D eigenvalue weighted by Crippen LogP contribution is 2.37. The molecule has 30 heavy (non-hydrogen) atoms. The first-order chi connectivity index (χ1) is 13.6. The van der Waals surface area contributed by atoms with E-state index in [1.54, 1.807) is 0 Å². The topological polar surface area (TPSA) is 24.9 Å². The lowest BCUT2D eigenvalue weighted by Gasteiger charge is -2.40.